The molecule has 0 aliphatic heterocycles. The molecule has 0 aliphatic carbocycles. The van der Waals surface area contributed by atoms with Gasteiger partial charge in [-0.2, -0.15) is 5.26 Å². The smallest absolute Gasteiger partial charge is 0.175 e. The third-order valence-electron chi connectivity index (χ3n) is 2.09. The first-order chi connectivity index (χ1) is 8.60. The van der Waals surface area contributed by atoms with Crippen molar-refractivity contribution in [1.29, 1.82) is 5.26 Å². The van der Waals surface area contributed by atoms with E-state index in [1.54, 1.807) is 18.2 Å². The third-order valence-corrected chi connectivity index (χ3v) is 2.86. The van der Waals surface area contributed by atoms with Gasteiger partial charge in [-0.25, -0.2) is 0 Å². The van der Waals surface area contributed by atoms with E-state index in [9.17, 15) is 0 Å². The van der Waals surface area contributed by atoms with Crippen molar-refractivity contribution in [3.63, 3.8) is 0 Å². The highest BCUT2D eigenvalue weighted by Gasteiger charge is 2.07. The van der Waals surface area contributed by atoms with Gasteiger partial charge in [0.15, 0.2) is 10.3 Å². The summed E-state index contributed by atoms with van der Waals surface area (Å²) in [6, 6.07) is 8.39. The fourth-order valence-corrected chi connectivity index (χ4v) is 1.79. The van der Waals surface area contributed by atoms with Gasteiger partial charge in [-0.05, 0) is 18.2 Å². The maximum absolute atomic E-state index is 8.74. The number of nitrogens with one attached hydrogen (secondary N) is 1. The number of nitrogens with zero attached hydrogens (tertiary/aromatic N) is 3. The van der Waals surface area contributed by atoms with Crippen molar-refractivity contribution < 1.29 is 0 Å². The Kier molecular flexibility index (Phi) is 3.87. The summed E-state index contributed by atoms with van der Waals surface area (Å²) in [5.74, 6) is 0. The minimum absolute atomic E-state index is 0.180. The molecule has 1 heterocycles. The number of anilines is 2. The van der Waals surface area contributed by atoms with Gasteiger partial charge >= 0.3 is 0 Å². The molecule has 0 unspecified atom stereocenters. The van der Waals surface area contributed by atoms with Crippen LogP contribution in [0.5, 0.6) is 0 Å². The predicted molar refractivity (Wildman–Crippen MR) is 71.5 cm³/mol. The summed E-state index contributed by atoms with van der Waals surface area (Å²) < 4.78 is 0. The molecule has 1 N–H and O–H groups in total. The molecule has 2 rings (SSSR count). The van der Waals surface area contributed by atoms with Crippen LogP contribution in [0, 0.1) is 11.3 Å². The highest BCUT2D eigenvalue weighted by molar-refractivity contribution is 6.35. The van der Waals surface area contributed by atoms with Gasteiger partial charge in [0, 0.05) is 6.07 Å². The van der Waals surface area contributed by atoms with Crippen molar-refractivity contribution >= 4 is 46.2 Å². The number of rotatable bonds is 2. The van der Waals surface area contributed by atoms with Crippen LogP contribution in [0.25, 0.3) is 0 Å². The van der Waals surface area contributed by atoms with Crippen molar-refractivity contribution in [2.24, 2.45) is 0 Å². The average molecular weight is 300 g/mol. The molecule has 0 saturated carbocycles. The molecule has 0 radical (unpaired) electrons. The first-order valence-corrected chi connectivity index (χ1v) is 5.89. The van der Waals surface area contributed by atoms with E-state index < -0.39 is 0 Å². The van der Waals surface area contributed by atoms with Crippen molar-refractivity contribution in [2.75, 3.05) is 5.32 Å². The lowest BCUT2D eigenvalue weighted by molar-refractivity contribution is 1.03. The number of halogens is 3. The minimum Gasteiger partial charge on any atom is -0.352 e. The lowest BCUT2D eigenvalue weighted by Crippen LogP contribution is -1.95. The Hall–Kier alpha value is -1.54. The van der Waals surface area contributed by atoms with E-state index in [2.05, 4.69) is 15.5 Å². The zero-order valence-corrected chi connectivity index (χ0v) is 11.1. The van der Waals surface area contributed by atoms with E-state index >= 15 is 0 Å². The summed E-state index contributed by atoms with van der Waals surface area (Å²) in [5.41, 5.74) is 1.56. The number of hydrogen-bond acceptors (Lipinski definition) is 4. The fourth-order valence-electron chi connectivity index (χ4n) is 1.27. The molecule has 18 heavy (non-hydrogen) atoms. The maximum atomic E-state index is 8.74. The summed E-state index contributed by atoms with van der Waals surface area (Å²) in [5, 5.41) is 19.8. The third kappa shape index (κ3) is 2.82. The standard InChI is InChI=1S/C11H5Cl3N4/c12-7-3-6(5-15)1-2-8(7)16-9-4-10(13)17-18-11(9)14/h1-4H,(H,16,17). The summed E-state index contributed by atoms with van der Waals surface area (Å²) in [7, 11) is 0. The molecular weight excluding hydrogens is 295 g/mol. The van der Waals surface area contributed by atoms with Crippen LogP contribution >= 0.6 is 34.8 Å². The van der Waals surface area contributed by atoms with Crippen LogP contribution in [0.2, 0.25) is 15.3 Å². The lowest BCUT2D eigenvalue weighted by atomic mass is 10.2. The summed E-state index contributed by atoms with van der Waals surface area (Å²) in [6.45, 7) is 0. The fraction of sp³-hybridized carbons (Fsp3) is 0. The number of hydrogen-bond donors (Lipinski definition) is 1. The Morgan fingerprint density at radius 2 is 1.83 bits per heavy atom. The van der Waals surface area contributed by atoms with Gasteiger partial charge < -0.3 is 5.32 Å². The molecule has 0 amide bonds. The van der Waals surface area contributed by atoms with E-state index in [1.165, 1.54) is 6.07 Å². The molecule has 0 bridgehead atoms. The van der Waals surface area contributed by atoms with E-state index in [1.807, 2.05) is 6.07 Å². The topological polar surface area (TPSA) is 61.6 Å². The maximum Gasteiger partial charge on any atom is 0.175 e. The number of nitriles is 1. The summed E-state index contributed by atoms with van der Waals surface area (Å²) in [6.07, 6.45) is 0. The Morgan fingerprint density at radius 1 is 1.06 bits per heavy atom. The van der Waals surface area contributed by atoms with Gasteiger partial charge in [0.2, 0.25) is 0 Å². The van der Waals surface area contributed by atoms with Crippen LogP contribution in [0.3, 0.4) is 0 Å². The highest BCUT2D eigenvalue weighted by Crippen LogP contribution is 2.29. The van der Waals surface area contributed by atoms with Gasteiger partial charge in [0.25, 0.3) is 0 Å². The van der Waals surface area contributed by atoms with E-state index in [0.717, 1.165) is 0 Å². The molecule has 1 aromatic carbocycles. The second-order valence-electron chi connectivity index (χ2n) is 3.30. The summed E-state index contributed by atoms with van der Waals surface area (Å²) >= 11 is 17.6. The summed E-state index contributed by atoms with van der Waals surface area (Å²) in [4.78, 5) is 0. The predicted octanol–water partition coefficient (Wildman–Crippen LogP) is 4.05. The second kappa shape index (κ2) is 5.40. The Bertz CT molecular complexity index is 637. The Morgan fingerprint density at radius 3 is 2.50 bits per heavy atom. The molecule has 0 spiro atoms. The van der Waals surface area contributed by atoms with E-state index in [-0.39, 0.29) is 10.3 Å². The SMILES string of the molecule is N#Cc1ccc(Nc2cc(Cl)nnc2Cl)c(Cl)c1. The molecule has 0 aliphatic rings. The monoisotopic (exact) mass is 298 g/mol. The minimum atomic E-state index is 0.180. The van der Waals surface area contributed by atoms with Gasteiger partial charge in [-0.3, -0.25) is 0 Å². The van der Waals surface area contributed by atoms with Crippen LogP contribution in [0.1, 0.15) is 5.56 Å². The lowest BCUT2D eigenvalue weighted by Gasteiger charge is -2.09. The Labute approximate surface area is 118 Å². The second-order valence-corrected chi connectivity index (χ2v) is 4.46. The molecule has 0 saturated heterocycles. The van der Waals surface area contributed by atoms with Gasteiger partial charge in [-0.1, -0.05) is 34.8 Å². The van der Waals surface area contributed by atoms with Crippen LogP contribution in [0.4, 0.5) is 11.4 Å². The number of aromatic nitrogens is 2. The van der Waals surface area contributed by atoms with E-state index in [0.29, 0.717) is 22.0 Å². The van der Waals surface area contributed by atoms with Gasteiger partial charge in [-0.15, -0.1) is 10.2 Å². The van der Waals surface area contributed by atoms with Crippen molar-refractivity contribution in [3.8, 4) is 6.07 Å². The molecule has 7 heteroatoms. The molecule has 2 aromatic rings. The normalized spacial score (nSPS) is 9.89. The van der Waals surface area contributed by atoms with Crippen LogP contribution in [-0.2, 0) is 0 Å². The molecule has 90 valence electrons. The highest BCUT2D eigenvalue weighted by atomic mass is 35.5. The van der Waals surface area contributed by atoms with Crippen LogP contribution in [-0.4, -0.2) is 10.2 Å². The zero-order chi connectivity index (χ0) is 13.1. The van der Waals surface area contributed by atoms with Gasteiger partial charge in [0.05, 0.1) is 28.0 Å². The van der Waals surface area contributed by atoms with E-state index in [4.69, 9.17) is 40.1 Å². The molecule has 4 nitrogen and oxygen atoms in total. The first-order valence-electron chi connectivity index (χ1n) is 4.75. The quantitative estimate of drug-likeness (QED) is 0.908. The Balaban J connectivity index is 2.34. The average Bonchev–Trinajstić information content (AvgIpc) is 2.36. The van der Waals surface area contributed by atoms with Crippen molar-refractivity contribution in [2.45, 2.75) is 0 Å². The molecule has 0 atom stereocenters. The molecule has 0 fully saturated rings. The molecule has 1 aromatic heterocycles. The largest absolute Gasteiger partial charge is 0.352 e. The molecular formula is C11H5Cl3N4. The number of benzene rings is 1. The van der Waals surface area contributed by atoms with Crippen LogP contribution < -0.4 is 5.32 Å². The van der Waals surface area contributed by atoms with Crippen LogP contribution in [0.15, 0.2) is 24.3 Å². The first kappa shape index (κ1) is 12.9. The van der Waals surface area contributed by atoms with Crippen molar-refractivity contribution in [3.05, 3.63) is 45.2 Å². The van der Waals surface area contributed by atoms with Gasteiger partial charge in [0.1, 0.15) is 0 Å². The van der Waals surface area contributed by atoms with Crippen molar-refractivity contribution in [1.82, 2.24) is 10.2 Å². The zero-order valence-electron chi connectivity index (χ0n) is 8.78.